The van der Waals surface area contributed by atoms with E-state index in [4.69, 9.17) is 11.6 Å². The van der Waals surface area contributed by atoms with Crippen molar-refractivity contribution in [3.05, 3.63) is 57.6 Å². The normalized spacial score (nSPS) is 11.9. The second kappa shape index (κ2) is 9.20. The summed E-state index contributed by atoms with van der Waals surface area (Å²) in [5, 5.41) is 11.5. The third-order valence-corrected chi connectivity index (χ3v) is 7.12. The van der Waals surface area contributed by atoms with Gasteiger partial charge in [0, 0.05) is 28.6 Å². The third kappa shape index (κ3) is 4.72. The molecule has 1 N–H and O–H groups in total. The van der Waals surface area contributed by atoms with Gasteiger partial charge in [0.15, 0.2) is 0 Å². The topological polar surface area (TPSA) is 118 Å². The first kappa shape index (κ1) is 23.6. The number of aromatic nitrogens is 3. The lowest BCUT2D eigenvalue weighted by molar-refractivity contribution is -0.112. The van der Waals surface area contributed by atoms with Crippen molar-refractivity contribution in [1.29, 1.82) is 5.26 Å². The first-order valence-electron chi connectivity index (χ1n) is 9.21. The fourth-order valence-corrected chi connectivity index (χ4v) is 4.70. The molecule has 2 aromatic heterocycles. The highest BCUT2D eigenvalue weighted by molar-refractivity contribution is 7.91. The number of nitrogens with one attached hydrogen (secondary N) is 1. The van der Waals surface area contributed by atoms with Crippen LogP contribution >= 0.6 is 23.1 Å². The average Bonchev–Trinajstić information content (AvgIpc) is 3.33. The lowest BCUT2D eigenvalue weighted by Crippen LogP contribution is -2.14. The highest BCUT2D eigenvalue weighted by Gasteiger charge is 2.20. The van der Waals surface area contributed by atoms with Gasteiger partial charge >= 0.3 is 0 Å². The summed E-state index contributed by atoms with van der Waals surface area (Å²) < 4.78 is 42.7. The molecule has 0 radical (unpaired) electrons. The van der Waals surface area contributed by atoms with E-state index in [-0.39, 0.29) is 26.6 Å². The van der Waals surface area contributed by atoms with Crippen LogP contribution in [0.4, 0.5) is 9.52 Å². The van der Waals surface area contributed by atoms with Gasteiger partial charge in [-0.05, 0) is 49.8 Å². The van der Waals surface area contributed by atoms with Gasteiger partial charge in [-0.25, -0.2) is 12.8 Å². The van der Waals surface area contributed by atoms with Gasteiger partial charge < -0.3 is 4.57 Å². The second-order valence-electron chi connectivity index (χ2n) is 6.67. The van der Waals surface area contributed by atoms with Crippen LogP contribution in [0.3, 0.4) is 0 Å². The zero-order valence-corrected chi connectivity index (χ0v) is 19.6. The summed E-state index contributed by atoms with van der Waals surface area (Å²) >= 11 is 6.60. The smallest absolute Gasteiger partial charge is 0.268 e. The van der Waals surface area contributed by atoms with Crippen molar-refractivity contribution in [1.82, 2.24) is 13.9 Å². The zero-order chi connectivity index (χ0) is 23.6. The molecule has 0 saturated carbocycles. The average molecular weight is 494 g/mol. The molecule has 0 atom stereocenters. The van der Waals surface area contributed by atoms with E-state index in [1.165, 1.54) is 25.1 Å². The van der Waals surface area contributed by atoms with Gasteiger partial charge in [0.05, 0.1) is 10.8 Å². The van der Waals surface area contributed by atoms with Gasteiger partial charge in [0.2, 0.25) is 15.0 Å². The Hall–Kier alpha value is -3.07. The monoisotopic (exact) mass is 493 g/mol. The lowest BCUT2D eigenvalue weighted by Gasteiger charge is -2.10. The van der Waals surface area contributed by atoms with E-state index in [9.17, 15) is 22.9 Å². The number of hydrogen-bond donors (Lipinski definition) is 1. The number of carbonyl (C=O) groups excluding carboxylic acids is 1. The number of carbonyl (C=O) groups is 1. The number of amides is 1. The van der Waals surface area contributed by atoms with Crippen LogP contribution in [0, 0.1) is 31.0 Å². The number of halogens is 2. The molecule has 0 saturated heterocycles. The van der Waals surface area contributed by atoms with Crippen molar-refractivity contribution in [2.45, 2.75) is 25.9 Å². The molecule has 0 unspecified atom stereocenters. The summed E-state index contributed by atoms with van der Waals surface area (Å²) in [7, 11) is -3.61. The first-order valence-corrected chi connectivity index (χ1v) is 12.0. The molecule has 0 aliphatic carbocycles. The summed E-state index contributed by atoms with van der Waals surface area (Å²) in [6, 6.07) is 7.93. The van der Waals surface area contributed by atoms with E-state index in [0.29, 0.717) is 28.5 Å². The van der Waals surface area contributed by atoms with Crippen molar-refractivity contribution in [2.75, 3.05) is 11.1 Å². The molecular weight excluding hydrogens is 477 g/mol. The summed E-state index contributed by atoms with van der Waals surface area (Å²) in [5.41, 5.74) is 2.51. The lowest BCUT2D eigenvalue weighted by atomic mass is 10.1. The number of rotatable bonds is 6. The standard InChI is InChI=1S/C20H17ClFN5O3S2/c1-4-32(29,30)20-25-19(31-26-20)24-18(28)14(10-23)8-13-7-11(2)27(12(13)3)15-5-6-17(22)16(21)9-15/h5-9H,4H2,1-3H3,(H,24,25,26,28). The highest BCUT2D eigenvalue weighted by atomic mass is 35.5. The molecule has 0 bridgehead atoms. The van der Waals surface area contributed by atoms with Crippen LogP contribution in [0.2, 0.25) is 5.02 Å². The van der Waals surface area contributed by atoms with Gasteiger partial charge in [0.1, 0.15) is 17.5 Å². The largest absolute Gasteiger partial charge is 0.318 e. The molecule has 1 aromatic carbocycles. The van der Waals surface area contributed by atoms with Crippen LogP contribution in [0.25, 0.3) is 11.8 Å². The minimum Gasteiger partial charge on any atom is -0.318 e. The SMILES string of the molecule is CCS(=O)(=O)c1nsc(NC(=O)C(C#N)=Cc2cc(C)n(-c3ccc(F)c(Cl)c3)c2C)n1. The molecule has 2 heterocycles. The number of aryl methyl sites for hydroxylation is 1. The Kier molecular flexibility index (Phi) is 6.78. The van der Waals surface area contributed by atoms with E-state index in [1.54, 1.807) is 19.1 Å². The molecule has 0 aliphatic heterocycles. The predicted octanol–water partition coefficient (Wildman–Crippen LogP) is 4.08. The summed E-state index contributed by atoms with van der Waals surface area (Å²) in [6.07, 6.45) is 1.41. The van der Waals surface area contributed by atoms with Crippen LogP contribution in [-0.2, 0) is 14.6 Å². The van der Waals surface area contributed by atoms with Crippen molar-refractivity contribution in [3.63, 3.8) is 0 Å². The predicted molar refractivity (Wildman–Crippen MR) is 120 cm³/mol. The van der Waals surface area contributed by atoms with Crippen LogP contribution in [0.5, 0.6) is 0 Å². The number of nitrogens with zero attached hydrogens (tertiary/aromatic N) is 4. The van der Waals surface area contributed by atoms with Gasteiger partial charge in [-0.2, -0.15) is 14.6 Å². The third-order valence-electron chi connectivity index (χ3n) is 4.58. The molecule has 12 heteroatoms. The van der Waals surface area contributed by atoms with Crippen molar-refractivity contribution >= 4 is 50.1 Å². The molecular formula is C20H17ClFN5O3S2. The van der Waals surface area contributed by atoms with Crippen LogP contribution < -0.4 is 5.32 Å². The summed E-state index contributed by atoms with van der Waals surface area (Å²) in [6.45, 7) is 5.07. The van der Waals surface area contributed by atoms with E-state index in [0.717, 1.165) is 5.69 Å². The quantitative estimate of drug-likeness (QED) is 0.408. The molecule has 32 heavy (non-hydrogen) atoms. The van der Waals surface area contributed by atoms with E-state index >= 15 is 0 Å². The molecule has 1 amide bonds. The number of anilines is 1. The Morgan fingerprint density at radius 3 is 2.72 bits per heavy atom. The van der Waals surface area contributed by atoms with Gasteiger partial charge in [-0.1, -0.05) is 18.5 Å². The van der Waals surface area contributed by atoms with Gasteiger partial charge in [-0.3, -0.25) is 10.1 Å². The van der Waals surface area contributed by atoms with Crippen LogP contribution in [0.15, 0.2) is 35.0 Å². The minimum absolute atomic E-state index is 0.0225. The first-order chi connectivity index (χ1) is 15.1. The molecule has 0 spiro atoms. The highest BCUT2D eigenvalue weighted by Crippen LogP contribution is 2.26. The van der Waals surface area contributed by atoms with E-state index in [2.05, 4.69) is 14.7 Å². The maximum Gasteiger partial charge on any atom is 0.268 e. The summed E-state index contributed by atoms with van der Waals surface area (Å²) in [4.78, 5) is 16.4. The molecule has 166 valence electrons. The van der Waals surface area contributed by atoms with Crippen LogP contribution in [0.1, 0.15) is 23.9 Å². The van der Waals surface area contributed by atoms with Crippen molar-refractivity contribution < 1.29 is 17.6 Å². The Morgan fingerprint density at radius 1 is 1.38 bits per heavy atom. The number of nitriles is 1. The molecule has 0 aliphatic rings. The number of hydrogen-bond acceptors (Lipinski definition) is 7. The van der Waals surface area contributed by atoms with E-state index < -0.39 is 21.6 Å². The fourth-order valence-electron chi connectivity index (χ4n) is 2.94. The maximum absolute atomic E-state index is 13.5. The van der Waals surface area contributed by atoms with Crippen molar-refractivity contribution in [3.8, 4) is 11.8 Å². The summed E-state index contributed by atoms with van der Waals surface area (Å²) in [5.74, 6) is -1.46. The van der Waals surface area contributed by atoms with Crippen molar-refractivity contribution in [2.24, 2.45) is 0 Å². The Labute approximate surface area is 193 Å². The van der Waals surface area contributed by atoms with Gasteiger partial charge in [-0.15, -0.1) is 0 Å². The Morgan fingerprint density at radius 2 is 2.09 bits per heavy atom. The zero-order valence-electron chi connectivity index (χ0n) is 17.2. The second-order valence-corrected chi connectivity index (χ2v) is 10.0. The number of sulfone groups is 1. The number of benzene rings is 1. The fraction of sp³-hybridized carbons (Fsp3) is 0.200. The molecule has 0 fully saturated rings. The molecule has 3 aromatic rings. The van der Waals surface area contributed by atoms with Gasteiger partial charge in [0.25, 0.3) is 11.1 Å². The Bertz CT molecular complexity index is 1390. The molecule has 3 rings (SSSR count). The van der Waals surface area contributed by atoms with E-state index in [1.807, 2.05) is 17.6 Å². The molecule has 8 nitrogen and oxygen atoms in total. The minimum atomic E-state index is -3.61. The maximum atomic E-state index is 13.5. The van der Waals surface area contributed by atoms with Crippen LogP contribution in [-0.4, -0.2) is 34.0 Å². The Balaban J connectivity index is 1.90.